The molecule has 0 spiro atoms. The van der Waals surface area contributed by atoms with Gasteiger partial charge in [0.2, 0.25) is 11.7 Å². The maximum atomic E-state index is 12.3. The van der Waals surface area contributed by atoms with Crippen LogP contribution in [0.3, 0.4) is 0 Å². The molecule has 3 rings (SSSR count). The first-order chi connectivity index (χ1) is 12.1. The first-order valence-corrected chi connectivity index (χ1v) is 8.30. The smallest absolute Gasteiger partial charge is 0.248 e. The monoisotopic (exact) mass is 335 g/mol. The quantitative estimate of drug-likeness (QED) is 0.777. The van der Waals surface area contributed by atoms with E-state index in [9.17, 15) is 4.79 Å². The van der Waals surface area contributed by atoms with Gasteiger partial charge in [0.15, 0.2) is 0 Å². The molecule has 0 fully saturated rings. The molecular weight excluding hydrogens is 314 g/mol. The van der Waals surface area contributed by atoms with Crippen molar-refractivity contribution in [2.24, 2.45) is 0 Å². The molecule has 3 aromatic rings. The van der Waals surface area contributed by atoms with Gasteiger partial charge in [0.05, 0.1) is 0 Å². The average Bonchev–Trinajstić information content (AvgIpc) is 3.07. The Kier molecular flexibility index (Phi) is 4.88. The highest BCUT2D eigenvalue weighted by molar-refractivity contribution is 5.92. The highest BCUT2D eigenvalue weighted by Gasteiger charge is 2.11. The number of amides is 1. The van der Waals surface area contributed by atoms with Gasteiger partial charge in [-0.05, 0) is 42.2 Å². The van der Waals surface area contributed by atoms with Gasteiger partial charge in [-0.15, -0.1) is 10.2 Å². The zero-order chi connectivity index (χ0) is 17.8. The number of para-hydroxylation sites is 1. The van der Waals surface area contributed by atoms with Crippen LogP contribution in [0.5, 0.6) is 0 Å². The Morgan fingerprint density at radius 1 is 1.08 bits per heavy atom. The number of carbonyl (C=O) groups excluding carboxylic acids is 1. The Hall–Kier alpha value is -3.02. The lowest BCUT2D eigenvalue weighted by Gasteiger charge is -2.10. The van der Waals surface area contributed by atoms with Gasteiger partial charge < -0.3 is 5.32 Å². The fourth-order valence-corrected chi connectivity index (χ4v) is 2.63. The molecule has 0 aliphatic rings. The maximum absolute atomic E-state index is 12.3. The molecule has 0 aliphatic carbocycles. The molecule has 0 atom stereocenters. The molecule has 25 heavy (non-hydrogen) atoms. The van der Waals surface area contributed by atoms with Gasteiger partial charge in [-0.1, -0.05) is 49.4 Å². The predicted octanol–water partition coefficient (Wildman–Crippen LogP) is 3.16. The summed E-state index contributed by atoms with van der Waals surface area (Å²) >= 11 is 0. The second-order valence-corrected chi connectivity index (χ2v) is 6.01. The molecule has 6 heteroatoms. The molecular formula is C19H21N5O. The van der Waals surface area contributed by atoms with Crippen LogP contribution >= 0.6 is 0 Å². The Balaban J connectivity index is 1.69. The molecule has 0 radical (unpaired) electrons. The minimum Gasteiger partial charge on any atom is -0.324 e. The van der Waals surface area contributed by atoms with Crippen molar-refractivity contribution in [2.75, 3.05) is 5.32 Å². The lowest BCUT2D eigenvalue weighted by Crippen LogP contribution is -2.21. The maximum Gasteiger partial charge on any atom is 0.248 e. The van der Waals surface area contributed by atoms with E-state index in [1.165, 1.54) is 10.4 Å². The lowest BCUT2D eigenvalue weighted by atomic mass is 10.1. The predicted molar refractivity (Wildman–Crippen MR) is 97.2 cm³/mol. The molecule has 0 aliphatic heterocycles. The number of hydrogen-bond donors (Lipinski definition) is 1. The van der Waals surface area contributed by atoms with E-state index in [0.29, 0.717) is 5.82 Å². The summed E-state index contributed by atoms with van der Waals surface area (Å²) in [7, 11) is 0. The lowest BCUT2D eigenvalue weighted by molar-refractivity contribution is -0.117. The zero-order valence-corrected chi connectivity index (χ0v) is 14.7. The van der Waals surface area contributed by atoms with Crippen molar-refractivity contribution in [2.45, 2.75) is 33.7 Å². The second-order valence-electron chi connectivity index (χ2n) is 6.01. The van der Waals surface area contributed by atoms with Crippen molar-refractivity contribution in [3.8, 4) is 11.4 Å². The van der Waals surface area contributed by atoms with E-state index < -0.39 is 0 Å². The summed E-state index contributed by atoms with van der Waals surface area (Å²) in [4.78, 5) is 13.6. The average molecular weight is 335 g/mol. The topological polar surface area (TPSA) is 72.7 Å². The van der Waals surface area contributed by atoms with Crippen molar-refractivity contribution < 1.29 is 4.79 Å². The third-order valence-electron chi connectivity index (χ3n) is 4.10. The first kappa shape index (κ1) is 16.8. The van der Waals surface area contributed by atoms with Crippen LogP contribution in [-0.4, -0.2) is 26.1 Å². The standard InChI is InChI=1S/C19H21N5O/c1-4-15-8-10-16(11-9-15)19-21-23-24(22-19)12-17(25)20-18-13(2)6-5-7-14(18)3/h5-11H,4,12H2,1-3H3,(H,20,25). The van der Waals surface area contributed by atoms with E-state index in [4.69, 9.17) is 0 Å². The fourth-order valence-electron chi connectivity index (χ4n) is 2.63. The van der Waals surface area contributed by atoms with Crippen molar-refractivity contribution >= 4 is 11.6 Å². The van der Waals surface area contributed by atoms with E-state index in [1.54, 1.807) is 0 Å². The van der Waals surface area contributed by atoms with Crippen LogP contribution < -0.4 is 5.32 Å². The normalized spacial score (nSPS) is 10.7. The summed E-state index contributed by atoms with van der Waals surface area (Å²) in [6.45, 7) is 6.06. The van der Waals surface area contributed by atoms with Crippen molar-refractivity contribution in [1.29, 1.82) is 0 Å². The minimum absolute atomic E-state index is 0.0216. The SMILES string of the molecule is CCc1ccc(-c2nnn(CC(=O)Nc3c(C)cccc3C)n2)cc1. The van der Waals surface area contributed by atoms with Crippen LogP contribution in [0.15, 0.2) is 42.5 Å². The minimum atomic E-state index is -0.178. The molecule has 0 unspecified atom stereocenters. The van der Waals surface area contributed by atoms with E-state index >= 15 is 0 Å². The van der Waals surface area contributed by atoms with Crippen molar-refractivity contribution in [3.05, 3.63) is 59.2 Å². The number of aryl methyl sites for hydroxylation is 3. The van der Waals surface area contributed by atoms with Gasteiger partial charge in [0, 0.05) is 11.3 Å². The number of benzene rings is 2. The number of anilines is 1. The molecule has 1 heterocycles. The van der Waals surface area contributed by atoms with Crippen molar-refractivity contribution in [1.82, 2.24) is 20.2 Å². The van der Waals surface area contributed by atoms with E-state index in [2.05, 4.69) is 27.7 Å². The van der Waals surface area contributed by atoms with Crippen molar-refractivity contribution in [3.63, 3.8) is 0 Å². The zero-order valence-electron chi connectivity index (χ0n) is 14.7. The van der Waals surface area contributed by atoms with E-state index in [1.807, 2.05) is 56.3 Å². The molecule has 0 saturated heterocycles. The van der Waals surface area contributed by atoms with Crippen LogP contribution in [-0.2, 0) is 17.8 Å². The third kappa shape index (κ3) is 3.91. The van der Waals surface area contributed by atoms with Gasteiger partial charge in [0.1, 0.15) is 6.54 Å². The van der Waals surface area contributed by atoms with Gasteiger partial charge in [-0.25, -0.2) is 0 Å². The van der Waals surface area contributed by atoms with Crippen LogP contribution in [0.25, 0.3) is 11.4 Å². The van der Waals surface area contributed by atoms with Crippen LogP contribution in [0.2, 0.25) is 0 Å². The number of carbonyl (C=O) groups is 1. The molecule has 1 N–H and O–H groups in total. The van der Waals surface area contributed by atoms with E-state index in [-0.39, 0.29) is 12.5 Å². The van der Waals surface area contributed by atoms with Crippen LogP contribution in [0.1, 0.15) is 23.6 Å². The molecule has 6 nitrogen and oxygen atoms in total. The largest absolute Gasteiger partial charge is 0.324 e. The number of hydrogen-bond acceptors (Lipinski definition) is 4. The Bertz CT molecular complexity index is 863. The fraction of sp³-hybridized carbons (Fsp3) is 0.263. The third-order valence-corrected chi connectivity index (χ3v) is 4.10. The molecule has 128 valence electrons. The molecule has 1 amide bonds. The molecule has 1 aromatic heterocycles. The summed E-state index contributed by atoms with van der Waals surface area (Å²) in [6.07, 6.45) is 0.985. The number of rotatable bonds is 5. The number of nitrogens with one attached hydrogen (secondary N) is 1. The molecule has 0 bridgehead atoms. The molecule has 2 aromatic carbocycles. The van der Waals surface area contributed by atoms with Gasteiger partial charge >= 0.3 is 0 Å². The van der Waals surface area contributed by atoms with E-state index in [0.717, 1.165) is 28.8 Å². The first-order valence-electron chi connectivity index (χ1n) is 8.30. The molecule has 0 saturated carbocycles. The Labute approximate surface area is 146 Å². The summed E-state index contributed by atoms with van der Waals surface area (Å²) in [5, 5.41) is 15.2. The van der Waals surface area contributed by atoms with Gasteiger partial charge in [0.25, 0.3) is 0 Å². The number of nitrogens with zero attached hydrogens (tertiary/aromatic N) is 4. The van der Waals surface area contributed by atoms with Gasteiger partial charge in [-0.3, -0.25) is 4.79 Å². The summed E-state index contributed by atoms with van der Waals surface area (Å²) in [5.41, 5.74) is 5.03. The second kappa shape index (κ2) is 7.25. The highest BCUT2D eigenvalue weighted by atomic mass is 16.2. The number of aromatic nitrogens is 4. The summed E-state index contributed by atoms with van der Waals surface area (Å²) in [6, 6.07) is 13.9. The number of tetrazole rings is 1. The van der Waals surface area contributed by atoms with Crippen LogP contribution in [0.4, 0.5) is 5.69 Å². The van der Waals surface area contributed by atoms with Crippen LogP contribution in [0, 0.1) is 13.8 Å². The summed E-state index contributed by atoms with van der Waals surface area (Å²) in [5.74, 6) is 0.338. The highest BCUT2D eigenvalue weighted by Crippen LogP contribution is 2.19. The Morgan fingerprint density at radius 2 is 1.76 bits per heavy atom. The summed E-state index contributed by atoms with van der Waals surface area (Å²) < 4.78 is 0. The Morgan fingerprint density at radius 3 is 2.40 bits per heavy atom. The van der Waals surface area contributed by atoms with Gasteiger partial charge in [-0.2, -0.15) is 4.80 Å².